The Morgan fingerprint density at radius 3 is 2.29 bits per heavy atom. The lowest BCUT2D eigenvalue weighted by molar-refractivity contribution is -0.137. The number of esters is 1. The van der Waals surface area contributed by atoms with E-state index in [0.29, 0.717) is 11.3 Å². The number of aromatic nitrogens is 1. The summed E-state index contributed by atoms with van der Waals surface area (Å²) in [7, 11) is 1.22. The van der Waals surface area contributed by atoms with Crippen molar-refractivity contribution < 1.29 is 23.9 Å². The summed E-state index contributed by atoms with van der Waals surface area (Å²) in [6.45, 7) is 1.85. The third kappa shape index (κ3) is 6.36. The van der Waals surface area contributed by atoms with Gasteiger partial charge in [0.15, 0.2) is 5.17 Å². The van der Waals surface area contributed by atoms with Gasteiger partial charge in [-0.1, -0.05) is 48.6 Å². The van der Waals surface area contributed by atoms with E-state index in [1.54, 1.807) is 30.3 Å². The maximum Gasteiger partial charge on any atom is 0.316 e. The molecule has 1 heterocycles. The highest BCUT2D eigenvalue weighted by molar-refractivity contribution is 8.13. The summed E-state index contributed by atoms with van der Waals surface area (Å²) in [5, 5.41) is 2.99. The molecule has 164 valence electrons. The summed E-state index contributed by atoms with van der Waals surface area (Å²) < 4.78 is 4.58. The van der Waals surface area contributed by atoms with Gasteiger partial charge in [0.2, 0.25) is 0 Å². The summed E-state index contributed by atoms with van der Waals surface area (Å²) >= 11 is 2.12. The number of primary amides is 2. The van der Waals surface area contributed by atoms with Crippen molar-refractivity contribution in [2.45, 2.75) is 11.9 Å². The Kier molecular flexibility index (Phi) is 8.70. The summed E-state index contributed by atoms with van der Waals surface area (Å²) in [5.41, 5.74) is 10.9. The molecular weight excluding hydrogens is 442 g/mol. The number of ether oxygens (including phenoxy) is 1. The van der Waals surface area contributed by atoms with Crippen LogP contribution in [0.2, 0.25) is 0 Å². The van der Waals surface area contributed by atoms with E-state index < -0.39 is 23.7 Å². The van der Waals surface area contributed by atoms with Crippen LogP contribution in [0.5, 0.6) is 0 Å². The summed E-state index contributed by atoms with van der Waals surface area (Å²) in [6, 6.07) is 8.50. The molecule has 1 aromatic carbocycles. The molecular formula is C19H21N5O5S2. The number of hydrogen-bond acceptors (Lipinski definition) is 8. The van der Waals surface area contributed by atoms with Gasteiger partial charge in [-0.05, 0) is 17.9 Å². The van der Waals surface area contributed by atoms with Gasteiger partial charge in [-0.25, -0.2) is 4.99 Å². The van der Waals surface area contributed by atoms with E-state index in [-0.39, 0.29) is 32.9 Å². The zero-order valence-corrected chi connectivity index (χ0v) is 18.4. The molecule has 3 amide bonds. The number of H-pyrrole nitrogens is 1. The van der Waals surface area contributed by atoms with Crippen molar-refractivity contribution in [3.05, 3.63) is 47.0 Å². The number of aliphatic imine (C=N–C) groups is 1. The highest BCUT2D eigenvalue weighted by Gasteiger charge is 2.26. The van der Waals surface area contributed by atoms with Crippen LogP contribution in [0.3, 0.4) is 0 Å². The van der Waals surface area contributed by atoms with Crippen molar-refractivity contribution in [1.82, 2.24) is 10.3 Å². The van der Waals surface area contributed by atoms with Crippen LogP contribution in [0.1, 0.15) is 38.0 Å². The smallest absolute Gasteiger partial charge is 0.316 e. The first-order chi connectivity index (χ1) is 14.8. The highest BCUT2D eigenvalue weighted by atomic mass is 32.2. The number of carbonyl (C=O) groups excluding carboxylic acids is 4. The van der Waals surface area contributed by atoms with Gasteiger partial charge in [0.25, 0.3) is 17.7 Å². The van der Waals surface area contributed by atoms with Gasteiger partial charge in [-0.15, -0.1) is 0 Å². The molecule has 0 aliphatic rings. The van der Waals surface area contributed by atoms with Crippen LogP contribution in [-0.4, -0.2) is 52.5 Å². The topological polar surface area (TPSA) is 170 Å². The van der Waals surface area contributed by atoms with E-state index in [9.17, 15) is 19.2 Å². The summed E-state index contributed by atoms with van der Waals surface area (Å²) in [5.74, 6) is -2.44. The van der Waals surface area contributed by atoms with Crippen LogP contribution in [-0.2, 0) is 9.53 Å². The molecule has 0 saturated carbocycles. The zero-order valence-electron chi connectivity index (χ0n) is 16.8. The molecule has 0 atom stereocenters. The lowest BCUT2D eigenvalue weighted by Crippen LogP contribution is -2.28. The quantitative estimate of drug-likeness (QED) is 0.199. The minimum Gasteiger partial charge on any atom is -0.468 e. The van der Waals surface area contributed by atoms with Crippen molar-refractivity contribution in [1.29, 1.82) is 0 Å². The first-order valence-corrected chi connectivity index (χ1v) is 10.9. The molecule has 6 N–H and O–H groups in total. The Hall–Kier alpha value is -3.25. The standard InChI is InChI=1S/C19H21N5O5S2/c1-3-30-19(24-17(28)10-7-5-4-6-8-10)23-16-12(14(20)26)13(15(21)27)18(22-16)31-9-11(25)29-2/h4-8,22H,3,9H2,1-2H3,(H2,20,26)(H2,21,27)(H,23,24,28). The Morgan fingerprint density at radius 2 is 1.74 bits per heavy atom. The lowest BCUT2D eigenvalue weighted by atomic mass is 10.1. The number of amidine groups is 1. The predicted molar refractivity (Wildman–Crippen MR) is 120 cm³/mol. The van der Waals surface area contributed by atoms with Crippen molar-refractivity contribution in [3.63, 3.8) is 0 Å². The van der Waals surface area contributed by atoms with Crippen LogP contribution in [0.4, 0.5) is 5.82 Å². The number of thioether (sulfide) groups is 2. The van der Waals surface area contributed by atoms with Crippen LogP contribution < -0.4 is 16.8 Å². The molecule has 1 aromatic heterocycles. The molecule has 0 unspecified atom stereocenters. The van der Waals surface area contributed by atoms with E-state index >= 15 is 0 Å². The normalized spacial score (nSPS) is 11.1. The number of benzene rings is 1. The third-order valence-corrected chi connectivity index (χ3v) is 5.48. The fourth-order valence-electron chi connectivity index (χ4n) is 2.41. The molecule has 0 spiro atoms. The Bertz CT molecular complexity index is 1020. The largest absolute Gasteiger partial charge is 0.468 e. The molecule has 0 radical (unpaired) electrons. The summed E-state index contributed by atoms with van der Waals surface area (Å²) in [6.07, 6.45) is 0. The first kappa shape index (κ1) is 24.0. The maximum atomic E-state index is 12.5. The van der Waals surface area contributed by atoms with E-state index in [2.05, 4.69) is 20.0 Å². The van der Waals surface area contributed by atoms with Gasteiger partial charge in [0.05, 0.1) is 29.0 Å². The van der Waals surface area contributed by atoms with Crippen molar-refractivity contribution in [2.75, 3.05) is 18.6 Å². The van der Waals surface area contributed by atoms with Gasteiger partial charge >= 0.3 is 5.97 Å². The Labute approximate surface area is 186 Å². The van der Waals surface area contributed by atoms with E-state index in [1.807, 2.05) is 6.92 Å². The molecule has 2 aromatic rings. The monoisotopic (exact) mass is 463 g/mol. The second kappa shape index (κ2) is 11.2. The number of carbonyl (C=O) groups is 4. The minimum atomic E-state index is -0.941. The molecule has 0 bridgehead atoms. The Morgan fingerprint density at radius 1 is 1.10 bits per heavy atom. The molecule has 0 fully saturated rings. The fourth-order valence-corrected chi connectivity index (χ4v) is 3.90. The number of nitrogens with two attached hydrogens (primary N) is 2. The van der Waals surface area contributed by atoms with Crippen LogP contribution in [0, 0.1) is 0 Å². The second-order valence-corrected chi connectivity index (χ2v) is 8.05. The van der Waals surface area contributed by atoms with Crippen LogP contribution in [0.25, 0.3) is 0 Å². The molecule has 0 saturated heterocycles. The van der Waals surface area contributed by atoms with Crippen molar-refractivity contribution >= 4 is 58.2 Å². The van der Waals surface area contributed by atoms with E-state index in [0.717, 1.165) is 11.8 Å². The first-order valence-electron chi connectivity index (χ1n) is 8.91. The lowest BCUT2D eigenvalue weighted by Gasteiger charge is -2.07. The fraction of sp³-hybridized carbons (Fsp3) is 0.211. The van der Waals surface area contributed by atoms with Crippen molar-refractivity contribution in [2.24, 2.45) is 16.5 Å². The maximum absolute atomic E-state index is 12.5. The van der Waals surface area contributed by atoms with Crippen LogP contribution in [0.15, 0.2) is 40.4 Å². The average Bonchev–Trinajstić information content (AvgIpc) is 3.11. The molecule has 0 aliphatic heterocycles. The van der Waals surface area contributed by atoms with Gasteiger partial charge in [0.1, 0.15) is 5.82 Å². The van der Waals surface area contributed by atoms with Gasteiger partial charge in [-0.2, -0.15) is 0 Å². The second-order valence-electron chi connectivity index (χ2n) is 5.82. The predicted octanol–water partition coefficient (Wildman–Crippen LogP) is 1.65. The molecule has 10 nitrogen and oxygen atoms in total. The van der Waals surface area contributed by atoms with Gasteiger partial charge < -0.3 is 26.5 Å². The number of methoxy groups -OCH3 is 1. The molecule has 31 heavy (non-hydrogen) atoms. The number of aromatic amines is 1. The average molecular weight is 464 g/mol. The summed E-state index contributed by atoms with van der Waals surface area (Å²) in [4.78, 5) is 55.1. The minimum absolute atomic E-state index is 0.0574. The third-order valence-electron chi connectivity index (χ3n) is 3.75. The van der Waals surface area contributed by atoms with Crippen molar-refractivity contribution in [3.8, 4) is 0 Å². The number of rotatable bonds is 8. The molecule has 2 rings (SSSR count). The molecule has 12 heteroatoms. The number of amides is 3. The SMILES string of the molecule is CCS/C(=N\c1[nH]c(SCC(=O)OC)c(C(N)=O)c1C(N)=O)NC(=O)c1ccccc1. The highest BCUT2D eigenvalue weighted by Crippen LogP contribution is 2.32. The number of nitrogens with zero attached hydrogens (tertiary/aromatic N) is 1. The molecule has 0 aliphatic carbocycles. The number of hydrogen-bond donors (Lipinski definition) is 4. The van der Waals surface area contributed by atoms with Gasteiger partial charge in [-0.3, -0.25) is 19.2 Å². The number of nitrogens with one attached hydrogen (secondary N) is 2. The van der Waals surface area contributed by atoms with E-state index in [1.165, 1.54) is 18.9 Å². The Balaban J connectivity index is 2.47. The van der Waals surface area contributed by atoms with Gasteiger partial charge in [0, 0.05) is 5.56 Å². The van der Waals surface area contributed by atoms with E-state index in [4.69, 9.17) is 11.5 Å². The van der Waals surface area contributed by atoms with Crippen LogP contribution >= 0.6 is 23.5 Å². The zero-order chi connectivity index (χ0) is 23.0.